The summed E-state index contributed by atoms with van der Waals surface area (Å²) >= 11 is 2.03. The molecule has 7 nitrogen and oxygen atoms in total. The number of esters is 1. The molecule has 0 radical (unpaired) electrons. The van der Waals surface area contributed by atoms with Crippen LogP contribution in [0.15, 0.2) is 69.4 Å². The van der Waals surface area contributed by atoms with Crippen molar-refractivity contribution in [1.82, 2.24) is 5.32 Å². The number of rotatable bonds is 4. The van der Waals surface area contributed by atoms with Crippen LogP contribution in [0.1, 0.15) is 28.3 Å². The van der Waals surface area contributed by atoms with Crippen LogP contribution in [0.4, 0.5) is 5.69 Å². The van der Waals surface area contributed by atoms with Gasteiger partial charge in [0.05, 0.1) is 5.69 Å². The van der Waals surface area contributed by atoms with Gasteiger partial charge in [0.2, 0.25) is 0 Å². The Balaban J connectivity index is 1.88. The van der Waals surface area contributed by atoms with E-state index in [2.05, 4.69) is 10.3 Å². The second-order valence-corrected chi connectivity index (χ2v) is 6.88. The van der Waals surface area contributed by atoms with Crippen LogP contribution in [0.25, 0.3) is 0 Å². The van der Waals surface area contributed by atoms with Gasteiger partial charge in [0.25, 0.3) is 5.91 Å². The van der Waals surface area contributed by atoms with Crippen molar-refractivity contribution in [2.24, 2.45) is 16.5 Å². The summed E-state index contributed by atoms with van der Waals surface area (Å²) in [5.74, 6) is -0.558. The fraction of sp³-hybridized carbons (Fsp3) is 0.150. The molecule has 2 atom stereocenters. The van der Waals surface area contributed by atoms with Crippen molar-refractivity contribution in [3.8, 4) is 0 Å². The van der Waals surface area contributed by atoms with E-state index in [9.17, 15) is 9.59 Å². The molecule has 0 aromatic heterocycles. The molecule has 2 unspecified atom stereocenters. The lowest BCUT2D eigenvalue weighted by Crippen LogP contribution is -2.48. The number of cyclic esters (lactones) is 1. The van der Waals surface area contributed by atoms with E-state index in [0.29, 0.717) is 23.4 Å². The fourth-order valence-electron chi connectivity index (χ4n) is 3.03. The second-order valence-electron chi connectivity index (χ2n) is 6.25. The molecule has 0 saturated carbocycles. The van der Waals surface area contributed by atoms with Gasteiger partial charge in [0.15, 0.2) is 5.96 Å². The minimum absolute atomic E-state index is 0.0304. The molecule has 2 aromatic carbocycles. The van der Waals surface area contributed by atoms with Gasteiger partial charge in [-0.2, -0.15) is 0 Å². The maximum Gasteiger partial charge on any atom is 0.334 e. The molecule has 1 heterocycles. The highest BCUT2D eigenvalue weighted by Gasteiger charge is 2.38. The van der Waals surface area contributed by atoms with Crippen molar-refractivity contribution in [2.75, 3.05) is 0 Å². The van der Waals surface area contributed by atoms with Crippen molar-refractivity contribution < 1.29 is 14.3 Å². The van der Waals surface area contributed by atoms with Crippen LogP contribution < -0.4 is 16.8 Å². The number of hydrogen-bond acceptors (Lipinski definition) is 4. The largest absolute Gasteiger partial charge is 0.429 e. The Morgan fingerprint density at radius 3 is 2.43 bits per heavy atom. The van der Waals surface area contributed by atoms with Crippen LogP contribution in [0.2, 0.25) is 0 Å². The average molecular weight is 490 g/mol. The van der Waals surface area contributed by atoms with Gasteiger partial charge >= 0.3 is 5.97 Å². The molecule has 1 saturated heterocycles. The molecule has 0 spiro atoms. The third-order valence-corrected chi connectivity index (χ3v) is 5.03. The number of halogens is 1. The predicted molar refractivity (Wildman–Crippen MR) is 115 cm³/mol. The van der Waals surface area contributed by atoms with E-state index in [1.54, 1.807) is 40.5 Å². The first-order chi connectivity index (χ1) is 13.5. The van der Waals surface area contributed by atoms with Gasteiger partial charge in [-0.3, -0.25) is 4.79 Å². The number of hydrogen-bond donors (Lipinski definition) is 3. The van der Waals surface area contributed by atoms with E-state index < -0.39 is 12.0 Å². The van der Waals surface area contributed by atoms with Gasteiger partial charge in [-0.15, -0.1) is 0 Å². The van der Waals surface area contributed by atoms with Crippen LogP contribution in [0, 0.1) is 0 Å². The highest BCUT2D eigenvalue weighted by molar-refractivity contribution is 14.1. The number of carbonyl (C=O) groups excluding carboxylic acids is 2. The van der Waals surface area contributed by atoms with Crippen molar-refractivity contribution in [3.63, 3.8) is 0 Å². The van der Waals surface area contributed by atoms with Crippen LogP contribution in [-0.4, -0.2) is 23.9 Å². The number of nitrogens with one attached hydrogen (secondary N) is 1. The lowest BCUT2D eigenvalue weighted by molar-refractivity contribution is -0.145. The third kappa shape index (κ3) is 4.69. The number of guanidine groups is 1. The van der Waals surface area contributed by atoms with Gasteiger partial charge in [-0.1, -0.05) is 30.3 Å². The summed E-state index contributed by atoms with van der Waals surface area (Å²) in [5.41, 5.74) is 12.8. The highest BCUT2D eigenvalue weighted by atomic mass is 127. The summed E-state index contributed by atoms with van der Waals surface area (Å²) in [6.45, 7) is 0. The minimum Gasteiger partial charge on any atom is -0.429 e. The molecular weight excluding hydrogens is 471 g/mol. The van der Waals surface area contributed by atoms with E-state index in [1.165, 1.54) is 0 Å². The zero-order chi connectivity index (χ0) is 20.1. The lowest BCUT2D eigenvalue weighted by atomic mass is 9.86. The topological polar surface area (TPSA) is 120 Å². The first-order valence-corrected chi connectivity index (χ1v) is 9.79. The first-order valence-electron chi connectivity index (χ1n) is 8.54. The molecule has 5 N–H and O–H groups in total. The van der Waals surface area contributed by atoms with Crippen LogP contribution in [0.5, 0.6) is 0 Å². The monoisotopic (exact) mass is 490 g/mol. The molecule has 28 heavy (non-hydrogen) atoms. The average Bonchev–Trinajstić information content (AvgIpc) is 2.70. The molecular formula is C20H19IN4O3. The summed E-state index contributed by atoms with van der Waals surface area (Å²) < 4.78 is 7.09. The molecule has 8 heteroatoms. The number of nitrogens with zero attached hydrogens (tertiary/aromatic N) is 1. The highest BCUT2D eigenvalue weighted by Crippen LogP contribution is 2.34. The number of aliphatic imine (C=N–C) groups is 1. The number of benzene rings is 2. The third-order valence-electron chi connectivity index (χ3n) is 4.33. The Kier molecular flexibility index (Phi) is 6.30. The van der Waals surface area contributed by atoms with E-state index >= 15 is 0 Å². The number of allylic oxidation sites excluding steroid dienone is 1. The van der Waals surface area contributed by atoms with Gasteiger partial charge in [0.1, 0.15) is 11.8 Å². The zero-order valence-electron chi connectivity index (χ0n) is 14.8. The first kappa shape index (κ1) is 19.9. The molecule has 3 rings (SSSR count). The fourth-order valence-corrected chi connectivity index (χ4v) is 3.41. The Bertz CT molecular complexity index is 922. The normalized spacial score (nSPS) is 20.3. The summed E-state index contributed by atoms with van der Waals surface area (Å²) in [6, 6.07) is 15.2. The molecule has 1 amide bonds. The summed E-state index contributed by atoms with van der Waals surface area (Å²) in [7, 11) is 0. The van der Waals surface area contributed by atoms with E-state index in [1.807, 2.05) is 40.8 Å². The van der Waals surface area contributed by atoms with Crippen molar-refractivity contribution >= 4 is 46.1 Å². The smallest absolute Gasteiger partial charge is 0.334 e. The van der Waals surface area contributed by atoms with Crippen molar-refractivity contribution in [3.05, 3.63) is 75.6 Å². The van der Waals surface area contributed by atoms with Crippen LogP contribution in [0.3, 0.4) is 0 Å². The predicted octanol–water partition coefficient (Wildman–Crippen LogP) is 2.70. The Morgan fingerprint density at radius 2 is 1.82 bits per heavy atom. The number of carbonyl (C=O) groups is 2. The number of amides is 1. The Morgan fingerprint density at radius 1 is 1.14 bits per heavy atom. The van der Waals surface area contributed by atoms with Gasteiger partial charge in [-0.05, 0) is 52.4 Å². The molecule has 1 aliphatic heterocycles. The van der Waals surface area contributed by atoms with Crippen molar-refractivity contribution in [1.29, 1.82) is 0 Å². The SMILES string of the molecule is NC(N)=Nc1ccc(C2C/C(=C/I)OC(=O)C2NC(=O)c2ccccc2)cc1. The lowest BCUT2D eigenvalue weighted by Gasteiger charge is -2.32. The Hall–Kier alpha value is -2.88. The summed E-state index contributed by atoms with van der Waals surface area (Å²) in [4.78, 5) is 29.2. The molecule has 1 aliphatic rings. The van der Waals surface area contributed by atoms with Gasteiger partial charge in [0, 0.05) is 22.0 Å². The van der Waals surface area contributed by atoms with Gasteiger partial charge < -0.3 is 21.5 Å². The van der Waals surface area contributed by atoms with Crippen LogP contribution in [-0.2, 0) is 9.53 Å². The molecule has 2 aromatic rings. The maximum atomic E-state index is 12.6. The molecule has 144 valence electrons. The van der Waals surface area contributed by atoms with Gasteiger partial charge in [-0.25, -0.2) is 9.79 Å². The maximum absolute atomic E-state index is 12.6. The Labute approximate surface area is 176 Å². The quantitative estimate of drug-likeness (QED) is 0.264. The minimum atomic E-state index is -0.804. The van der Waals surface area contributed by atoms with Crippen LogP contribution >= 0.6 is 22.6 Å². The summed E-state index contributed by atoms with van der Waals surface area (Å²) in [5, 5.41) is 2.81. The van der Waals surface area contributed by atoms with E-state index in [0.717, 1.165) is 5.56 Å². The molecule has 0 bridgehead atoms. The molecule has 0 aliphatic carbocycles. The standard InChI is InChI=1S/C20H19IN4O3/c21-11-15-10-16(12-6-8-14(9-7-12)24-20(22)23)17(19(27)28-15)25-18(26)13-4-2-1-3-5-13/h1-9,11,16-17H,10H2,(H,25,26)(H4,22,23,24)/b15-11-. The number of nitrogens with two attached hydrogens (primary N) is 2. The molecule has 1 fully saturated rings. The number of ether oxygens (including phenoxy) is 1. The summed E-state index contributed by atoms with van der Waals surface area (Å²) in [6.07, 6.45) is 0.482. The van der Waals surface area contributed by atoms with Crippen molar-refractivity contribution in [2.45, 2.75) is 18.4 Å². The van der Waals surface area contributed by atoms with E-state index in [-0.39, 0.29) is 17.8 Å². The zero-order valence-corrected chi connectivity index (χ0v) is 17.0. The van der Waals surface area contributed by atoms with E-state index in [4.69, 9.17) is 16.2 Å². The second kappa shape index (κ2) is 8.87.